The Bertz CT molecular complexity index is 454. The summed E-state index contributed by atoms with van der Waals surface area (Å²) >= 11 is 0. The van der Waals surface area contributed by atoms with Gasteiger partial charge < -0.3 is 14.2 Å². The molecule has 5 nitrogen and oxygen atoms in total. The van der Waals surface area contributed by atoms with E-state index in [9.17, 15) is 13.2 Å². The van der Waals surface area contributed by atoms with E-state index in [0.29, 0.717) is 0 Å². The van der Waals surface area contributed by atoms with Gasteiger partial charge in [0.1, 0.15) is 11.6 Å². The number of aromatic nitrogens is 1. The fraction of sp³-hybridized carbons (Fsp3) is 0.333. The Kier molecular flexibility index (Phi) is 3.62. The predicted molar refractivity (Wildman–Crippen MR) is 48.7 cm³/mol. The zero-order chi connectivity index (χ0) is 13.1. The van der Waals surface area contributed by atoms with Crippen LogP contribution in [0.1, 0.15) is 5.56 Å². The molecular weight excluding hydrogens is 241 g/mol. The lowest BCUT2D eigenvalue weighted by Gasteiger charge is -2.12. The third-order valence-corrected chi connectivity index (χ3v) is 1.67. The molecule has 0 spiro atoms. The summed E-state index contributed by atoms with van der Waals surface area (Å²) in [6.07, 6.45) is -4.93. The Morgan fingerprint density at radius 2 is 1.88 bits per heavy atom. The van der Waals surface area contributed by atoms with Gasteiger partial charge in [0.15, 0.2) is 5.75 Å². The second-order valence-electron chi connectivity index (χ2n) is 2.71. The number of alkyl halides is 3. The van der Waals surface area contributed by atoms with E-state index < -0.39 is 17.8 Å². The van der Waals surface area contributed by atoms with Crippen LogP contribution >= 0.6 is 0 Å². The topological polar surface area (TPSA) is 64.4 Å². The fourth-order valence-corrected chi connectivity index (χ4v) is 1.02. The Labute approximate surface area is 94.3 Å². The first kappa shape index (κ1) is 12.9. The van der Waals surface area contributed by atoms with Crippen LogP contribution in [0.4, 0.5) is 13.2 Å². The summed E-state index contributed by atoms with van der Waals surface area (Å²) in [6.45, 7) is 0. The van der Waals surface area contributed by atoms with Crippen molar-refractivity contribution in [3.63, 3.8) is 0 Å². The van der Waals surface area contributed by atoms with Gasteiger partial charge in [-0.3, -0.25) is 0 Å². The van der Waals surface area contributed by atoms with Crippen LogP contribution in [0.3, 0.4) is 0 Å². The minimum Gasteiger partial charge on any atom is -0.491 e. The van der Waals surface area contributed by atoms with Crippen molar-refractivity contribution in [2.45, 2.75) is 6.36 Å². The Hall–Kier alpha value is -2.17. The molecule has 0 aliphatic carbocycles. The largest absolute Gasteiger partial charge is 0.574 e. The van der Waals surface area contributed by atoms with Crippen molar-refractivity contribution in [3.8, 4) is 23.6 Å². The molecule has 1 heterocycles. The number of rotatable bonds is 3. The smallest absolute Gasteiger partial charge is 0.491 e. The molecule has 0 unspecified atom stereocenters. The molecule has 0 fully saturated rings. The van der Waals surface area contributed by atoms with E-state index in [1.165, 1.54) is 20.3 Å². The number of nitrogens with zero attached hydrogens (tertiary/aromatic N) is 2. The highest BCUT2D eigenvalue weighted by atomic mass is 19.4. The van der Waals surface area contributed by atoms with E-state index in [2.05, 4.69) is 9.72 Å². The van der Waals surface area contributed by atoms with E-state index >= 15 is 0 Å². The molecule has 0 aromatic carbocycles. The molecule has 92 valence electrons. The molecule has 0 N–H and O–H groups in total. The second-order valence-corrected chi connectivity index (χ2v) is 2.71. The van der Waals surface area contributed by atoms with Gasteiger partial charge in [0.2, 0.25) is 5.88 Å². The van der Waals surface area contributed by atoms with Gasteiger partial charge in [-0.1, -0.05) is 0 Å². The average Bonchev–Trinajstić information content (AvgIpc) is 2.26. The maximum Gasteiger partial charge on any atom is 0.574 e. The van der Waals surface area contributed by atoms with Crippen molar-refractivity contribution < 1.29 is 27.4 Å². The van der Waals surface area contributed by atoms with E-state index in [1.807, 2.05) is 0 Å². The van der Waals surface area contributed by atoms with Crippen molar-refractivity contribution in [2.24, 2.45) is 0 Å². The number of halogens is 3. The molecule has 1 rings (SSSR count). The van der Waals surface area contributed by atoms with E-state index in [1.54, 1.807) is 0 Å². The Morgan fingerprint density at radius 3 is 2.29 bits per heavy atom. The Morgan fingerprint density at radius 1 is 1.24 bits per heavy atom. The number of methoxy groups -OCH3 is 2. The van der Waals surface area contributed by atoms with E-state index in [4.69, 9.17) is 14.7 Å². The van der Waals surface area contributed by atoms with Crippen LogP contribution in [0.2, 0.25) is 0 Å². The van der Waals surface area contributed by atoms with Crippen LogP contribution in [0.5, 0.6) is 17.5 Å². The first-order chi connectivity index (χ1) is 7.91. The van der Waals surface area contributed by atoms with Gasteiger partial charge in [-0.05, 0) is 0 Å². The van der Waals surface area contributed by atoms with Crippen molar-refractivity contribution in [3.05, 3.63) is 11.6 Å². The molecule has 0 aliphatic rings. The normalized spacial score (nSPS) is 10.6. The minimum absolute atomic E-state index is 0.0403. The molecule has 0 aliphatic heterocycles. The summed E-state index contributed by atoms with van der Waals surface area (Å²) in [6, 6.07) is 2.57. The predicted octanol–water partition coefficient (Wildman–Crippen LogP) is 1.87. The second kappa shape index (κ2) is 4.78. The Balaban J connectivity index is 3.25. The van der Waals surface area contributed by atoms with Crippen LogP contribution in [-0.2, 0) is 0 Å². The maximum absolute atomic E-state index is 12.0. The molecule has 0 radical (unpaired) electrons. The number of hydrogen-bond acceptors (Lipinski definition) is 5. The fourth-order valence-electron chi connectivity index (χ4n) is 1.02. The van der Waals surface area contributed by atoms with Gasteiger partial charge >= 0.3 is 6.36 Å². The number of pyridine rings is 1. The minimum atomic E-state index is -4.93. The third kappa shape index (κ3) is 3.14. The van der Waals surface area contributed by atoms with Gasteiger partial charge in [-0.25, -0.2) is 0 Å². The van der Waals surface area contributed by atoms with Crippen molar-refractivity contribution in [2.75, 3.05) is 14.2 Å². The van der Waals surface area contributed by atoms with Gasteiger partial charge in [0.25, 0.3) is 5.88 Å². The lowest BCUT2D eigenvalue weighted by molar-refractivity contribution is -0.276. The molecule has 0 atom stereocenters. The van der Waals surface area contributed by atoms with Gasteiger partial charge in [-0.15, -0.1) is 13.2 Å². The molecule has 0 amide bonds. The summed E-state index contributed by atoms with van der Waals surface area (Å²) in [4.78, 5) is 3.41. The first-order valence-electron chi connectivity index (χ1n) is 4.20. The van der Waals surface area contributed by atoms with Crippen LogP contribution in [0, 0.1) is 11.3 Å². The van der Waals surface area contributed by atoms with Crippen LogP contribution < -0.4 is 14.2 Å². The molecule has 17 heavy (non-hydrogen) atoms. The molecule has 0 saturated heterocycles. The van der Waals surface area contributed by atoms with E-state index in [0.717, 1.165) is 6.07 Å². The zero-order valence-electron chi connectivity index (χ0n) is 8.83. The van der Waals surface area contributed by atoms with Crippen molar-refractivity contribution in [1.82, 2.24) is 4.98 Å². The van der Waals surface area contributed by atoms with E-state index in [-0.39, 0.29) is 11.6 Å². The summed E-state index contributed by atoms with van der Waals surface area (Å²) in [5, 5.41) is 8.67. The lowest BCUT2D eigenvalue weighted by atomic mass is 10.3. The quantitative estimate of drug-likeness (QED) is 0.816. The molecule has 0 saturated carbocycles. The van der Waals surface area contributed by atoms with Crippen molar-refractivity contribution >= 4 is 0 Å². The number of nitriles is 1. The van der Waals surface area contributed by atoms with Crippen LogP contribution in [0.25, 0.3) is 0 Å². The maximum atomic E-state index is 12.0. The van der Waals surface area contributed by atoms with Gasteiger partial charge in [0.05, 0.1) is 14.2 Å². The average molecular weight is 248 g/mol. The van der Waals surface area contributed by atoms with Crippen molar-refractivity contribution in [1.29, 1.82) is 5.26 Å². The number of ether oxygens (including phenoxy) is 3. The summed E-state index contributed by atoms with van der Waals surface area (Å²) in [5.74, 6) is -1.04. The lowest BCUT2D eigenvalue weighted by Crippen LogP contribution is -2.19. The molecule has 1 aromatic rings. The monoisotopic (exact) mass is 248 g/mol. The molecule has 1 aromatic heterocycles. The standard InChI is InChI=1S/C9H7F3N2O3/c1-15-6-3-5(4-13)7(14-8(6)16-2)17-9(10,11)12/h3H,1-2H3. The summed E-state index contributed by atoms with van der Waals surface area (Å²) < 4.78 is 49.2. The van der Waals surface area contributed by atoms with Crippen LogP contribution in [-0.4, -0.2) is 25.6 Å². The number of hydrogen-bond donors (Lipinski definition) is 0. The highest BCUT2D eigenvalue weighted by molar-refractivity contribution is 5.48. The summed E-state index contributed by atoms with van der Waals surface area (Å²) in [7, 11) is 2.47. The SMILES string of the molecule is COc1cc(C#N)c(OC(F)(F)F)nc1OC. The highest BCUT2D eigenvalue weighted by Crippen LogP contribution is 2.32. The van der Waals surface area contributed by atoms with Gasteiger partial charge in [-0.2, -0.15) is 10.2 Å². The zero-order valence-corrected chi connectivity index (χ0v) is 8.83. The third-order valence-electron chi connectivity index (χ3n) is 1.67. The van der Waals surface area contributed by atoms with Crippen LogP contribution in [0.15, 0.2) is 6.07 Å². The first-order valence-corrected chi connectivity index (χ1v) is 4.20. The molecule has 8 heteroatoms. The van der Waals surface area contributed by atoms with Gasteiger partial charge in [0, 0.05) is 6.07 Å². The highest BCUT2D eigenvalue weighted by Gasteiger charge is 2.33. The molecule has 0 bridgehead atoms. The summed E-state index contributed by atoms with van der Waals surface area (Å²) in [5.41, 5.74) is -0.403. The molecular formula is C9H7F3N2O3.